The zero-order chi connectivity index (χ0) is 40.5. The van der Waals surface area contributed by atoms with Crippen LogP contribution in [0.3, 0.4) is 0 Å². The van der Waals surface area contributed by atoms with Crippen molar-refractivity contribution in [2.75, 3.05) is 19.8 Å². The Morgan fingerprint density at radius 3 is 1.55 bits per heavy atom. The second kappa shape index (κ2) is 23.0. The van der Waals surface area contributed by atoms with Gasteiger partial charge in [0, 0.05) is 6.54 Å². The molecule has 1 aliphatic heterocycles. The van der Waals surface area contributed by atoms with Crippen LogP contribution in [0.2, 0.25) is 0 Å². The molecule has 0 radical (unpaired) electrons. The summed E-state index contributed by atoms with van der Waals surface area (Å²) in [7, 11) is 0. The molecule has 2 fully saturated rings. The van der Waals surface area contributed by atoms with Gasteiger partial charge in [-0.15, -0.1) is 0 Å². The van der Waals surface area contributed by atoms with Crippen molar-refractivity contribution in [3.63, 3.8) is 0 Å². The molecular formula is C44H69NO8. The van der Waals surface area contributed by atoms with Crippen LogP contribution in [0.25, 0.3) is 0 Å². The molecule has 1 saturated carbocycles. The number of fused-ring (bicyclic) bond motifs is 1. The normalized spacial score (nSPS) is 18.0. The maximum absolute atomic E-state index is 12.1. The Balaban J connectivity index is 0.000000375. The molecule has 2 aromatic carbocycles. The van der Waals surface area contributed by atoms with E-state index in [-0.39, 0.29) is 46.9 Å². The van der Waals surface area contributed by atoms with E-state index in [1.807, 2.05) is 62.3 Å². The number of aromatic hydroxyl groups is 1. The Morgan fingerprint density at radius 1 is 0.717 bits per heavy atom. The van der Waals surface area contributed by atoms with Gasteiger partial charge in [0.05, 0.1) is 36.2 Å². The molecule has 9 nitrogen and oxygen atoms in total. The predicted octanol–water partition coefficient (Wildman–Crippen LogP) is 10.00. The first-order valence-electron chi connectivity index (χ1n) is 19.4. The van der Waals surface area contributed by atoms with Gasteiger partial charge < -0.3 is 19.3 Å². The molecule has 298 valence electrons. The summed E-state index contributed by atoms with van der Waals surface area (Å²) in [5.74, 6) is 2.97. The van der Waals surface area contributed by atoms with Gasteiger partial charge in [-0.2, -0.15) is 0 Å². The summed E-state index contributed by atoms with van der Waals surface area (Å²) in [4.78, 5) is 48.8. The minimum absolute atomic E-state index is 0.00227. The van der Waals surface area contributed by atoms with Gasteiger partial charge in [-0.1, -0.05) is 75.7 Å². The fourth-order valence-corrected chi connectivity index (χ4v) is 5.26. The Bertz CT molecular complexity index is 1390. The van der Waals surface area contributed by atoms with Crippen LogP contribution in [-0.2, 0) is 19.1 Å². The monoisotopic (exact) mass is 740 g/mol. The number of phenols is 1. The van der Waals surface area contributed by atoms with Crippen molar-refractivity contribution in [1.82, 2.24) is 4.90 Å². The maximum Gasteiger partial charge on any atom is 0.338 e. The van der Waals surface area contributed by atoms with Gasteiger partial charge in [0.1, 0.15) is 17.1 Å². The van der Waals surface area contributed by atoms with Crippen molar-refractivity contribution in [1.29, 1.82) is 0 Å². The number of esters is 2. The second-order valence-electron chi connectivity index (χ2n) is 16.9. The molecule has 4 rings (SSSR count). The molecule has 0 spiro atoms. The number of rotatable bonds is 10. The number of ether oxygens (including phenoxy) is 3. The van der Waals surface area contributed by atoms with Crippen molar-refractivity contribution in [2.45, 2.75) is 121 Å². The van der Waals surface area contributed by atoms with Crippen molar-refractivity contribution in [3.8, 4) is 11.5 Å². The Hall–Kier alpha value is -3.88. The van der Waals surface area contributed by atoms with Crippen molar-refractivity contribution in [3.05, 3.63) is 59.7 Å². The third kappa shape index (κ3) is 18.6. The van der Waals surface area contributed by atoms with Crippen LogP contribution in [0.1, 0.15) is 136 Å². The molecular weight excluding hydrogens is 670 g/mol. The first-order chi connectivity index (χ1) is 24.6. The topological polar surface area (TPSA) is 119 Å². The Labute approximate surface area is 320 Å². The van der Waals surface area contributed by atoms with Crippen LogP contribution < -0.4 is 4.74 Å². The number of benzene rings is 2. The largest absolute Gasteiger partial charge is 0.508 e. The number of imide groups is 1. The molecule has 3 unspecified atom stereocenters. The van der Waals surface area contributed by atoms with Gasteiger partial charge in [0.2, 0.25) is 11.8 Å². The zero-order valence-electron chi connectivity index (χ0n) is 34.9. The summed E-state index contributed by atoms with van der Waals surface area (Å²) in [5, 5.41) is 9.00. The summed E-state index contributed by atoms with van der Waals surface area (Å²) in [5.41, 5.74) is 0.778. The highest BCUT2D eigenvalue weighted by Gasteiger charge is 2.49. The lowest BCUT2D eigenvalue weighted by molar-refractivity contribution is -0.140. The smallest absolute Gasteiger partial charge is 0.338 e. The van der Waals surface area contributed by atoms with Crippen molar-refractivity contribution < 1.29 is 38.5 Å². The number of likely N-dealkylation sites (tertiary alicyclic amines) is 1. The molecule has 53 heavy (non-hydrogen) atoms. The maximum atomic E-state index is 12.1. The lowest BCUT2D eigenvalue weighted by Crippen LogP contribution is -2.34. The van der Waals surface area contributed by atoms with E-state index in [0.717, 1.165) is 30.9 Å². The van der Waals surface area contributed by atoms with Gasteiger partial charge in [-0.05, 0) is 118 Å². The first-order valence-corrected chi connectivity index (χ1v) is 19.4. The van der Waals surface area contributed by atoms with Crippen molar-refractivity contribution >= 4 is 23.8 Å². The molecule has 2 aromatic rings. The third-order valence-electron chi connectivity index (χ3n) is 8.36. The van der Waals surface area contributed by atoms with Crippen LogP contribution in [0.15, 0.2) is 48.5 Å². The molecule has 9 heteroatoms. The third-order valence-corrected chi connectivity index (χ3v) is 8.36. The highest BCUT2D eigenvalue weighted by molar-refractivity contribution is 6.05. The quantitative estimate of drug-likeness (QED) is 0.189. The molecule has 1 saturated heterocycles. The molecule has 1 N–H and O–H groups in total. The van der Waals surface area contributed by atoms with Crippen LogP contribution in [0.5, 0.6) is 11.5 Å². The number of nitrogens with zero attached hydrogens (tertiary/aromatic N) is 1. The van der Waals surface area contributed by atoms with Crippen LogP contribution >= 0.6 is 0 Å². The summed E-state index contributed by atoms with van der Waals surface area (Å²) >= 11 is 0. The van der Waals surface area contributed by atoms with Crippen LogP contribution in [0.4, 0.5) is 0 Å². The summed E-state index contributed by atoms with van der Waals surface area (Å²) in [6.45, 7) is 28.3. The lowest BCUT2D eigenvalue weighted by atomic mass is 9.76. The van der Waals surface area contributed by atoms with E-state index in [9.17, 15) is 19.2 Å². The number of amides is 2. The molecule has 2 amide bonds. The fourth-order valence-electron chi connectivity index (χ4n) is 5.26. The average Bonchev–Trinajstić information content (AvgIpc) is 3.30. The fraction of sp³-hybridized carbons (Fsp3) is 0.636. The van der Waals surface area contributed by atoms with Crippen molar-refractivity contribution in [2.24, 2.45) is 41.4 Å². The predicted molar refractivity (Wildman–Crippen MR) is 212 cm³/mol. The average molecular weight is 740 g/mol. The standard InChI is InChI=1S/C15H22O3.C13H21NO2.C11H14O3.C5H12/c1-11(2)10-17-14(16)12-6-8-13(9-7-12)18-15(3,4)5;1-8(2)7-14-12(15)10-5-4-9(3)6-11(10)13(14)16;1-8(2)7-14-11(13)9-3-5-10(12)6-4-9;1-4-5(2)3/h6-9,11H,10H2,1-5H3;8-11H,4-7H2,1-3H3;3-6,8,12H,7H2,1-2H3;5H,4H2,1-3H3. The minimum atomic E-state index is -0.348. The highest BCUT2D eigenvalue weighted by Crippen LogP contribution is 2.40. The van der Waals surface area contributed by atoms with E-state index in [1.54, 1.807) is 24.3 Å². The van der Waals surface area contributed by atoms with Gasteiger partial charge >= 0.3 is 11.9 Å². The van der Waals surface area contributed by atoms with E-state index >= 15 is 0 Å². The van der Waals surface area contributed by atoms with Gasteiger partial charge in [0.15, 0.2) is 0 Å². The molecule has 0 bridgehead atoms. The van der Waals surface area contributed by atoms with E-state index < -0.39 is 0 Å². The Kier molecular flexibility index (Phi) is 20.5. The summed E-state index contributed by atoms with van der Waals surface area (Å²) in [6.07, 6.45) is 4.21. The Morgan fingerprint density at radius 2 is 1.15 bits per heavy atom. The first kappa shape index (κ1) is 47.1. The number of carbonyl (C=O) groups is 4. The van der Waals surface area contributed by atoms with Gasteiger partial charge in [-0.3, -0.25) is 14.5 Å². The van der Waals surface area contributed by atoms with E-state index in [2.05, 4.69) is 27.7 Å². The minimum Gasteiger partial charge on any atom is -0.508 e. The van der Waals surface area contributed by atoms with Gasteiger partial charge in [-0.25, -0.2) is 9.59 Å². The number of phenolic OH excluding ortho intramolecular Hbond substituents is 1. The number of carbonyl (C=O) groups excluding carboxylic acids is 4. The second-order valence-corrected chi connectivity index (χ2v) is 16.9. The number of hydrogen-bond acceptors (Lipinski definition) is 8. The molecule has 1 heterocycles. The van der Waals surface area contributed by atoms with Gasteiger partial charge in [0.25, 0.3) is 0 Å². The van der Waals surface area contributed by atoms with E-state index in [0.29, 0.717) is 54.6 Å². The molecule has 0 aromatic heterocycles. The van der Waals surface area contributed by atoms with E-state index in [4.69, 9.17) is 19.3 Å². The van der Waals surface area contributed by atoms with Crippen LogP contribution in [-0.4, -0.2) is 59.1 Å². The zero-order valence-corrected chi connectivity index (χ0v) is 34.9. The molecule has 2 aliphatic rings. The van der Waals surface area contributed by atoms with E-state index in [1.165, 1.54) is 35.6 Å². The van der Waals surface area contributed by atoms with Crippen LogP contribution in [0, 0.1) is 41.4 Å². The lowest BCUT2D eigenvalue weighted by Gasteiger charge is -2.25. The number of hydrogen-bond donors (Lipinski definition) is 1. The highest BCUT2D eigenvalue weighted by atomic mass is 16.5. The summed E-state index contributed by atoms with van der Waals surface area (Å²) in [6, 6.07) is 13.0. The summed E-state index contributed by atoms with van der Waals surface area (Å²) < 4.78 is 15.8. The molecule has 3 atom stereocenters. The SMILES string of the molecule is CC(C)CN1C(=O)C2CCC(C)CC2C1=O.CC(C)COC(=O)c1ccc(O)cc1.CC(C)COC(=O)c1ccc(OC(C)(C)C)cc1.CCC(C)C. The molecule has 1 aliphatic carbocycles.